The fraction of sp³-hybridized carbons (Fsp3) is 0.0769. The van der Waals surface area contributed by atoms with E-state index in [1.54, 1.807) is 5.38 Å². The van der Waals surface area contributed by atoms with Gasteiger partial charge in [-0.3, -0.25) is 4.79 Å². The molecule has 110 valence electrons. The predicted molar refractivity (Wildman–Crippen MR) is 74.4 cm³/mol. The number of halogens is 2. The van der Waals surface area contributed by atoms with Crippen LogP contribution in [0.15, 0.2) is 23.6 Å². The third kappa shape index (κ3) is 3.00. The molecule has 1 heterocycles. The smallest absolute Gasteiger partial charge is 0.350 e. The number of hydrogen-bond acceptors (Lipinski definition) is 5. The van der Waals surface area contributed by atoms with Gasteiger partial charge >= 0.3 is 5.97 Å². The molecule has 0 atom stereocenters. The highest BCUT2D eigenvalue weighted by atomic mass is 32.1. The molecule has 5 nitrogen and oxygen atoms in total. The van der Waals surface area contributed by atoms with Gasteiger partial charge in [0, 0.05) is 11.8 Å². The third-order valence-electron chi connectivity index (χ3n) is 2.62. The zero-order valence-corrected chi connectivity index (χ0v) is 11.6. The number of carbonyl (C=O) groups excluding carboxylic acids is 2. The van der Waals surface area contributed by atoms with Crippen LogP contribution in [0.25, 0.3) is 0 Å². The van der Waals surface area contributed by atoms with E-state index in [2.05, 4.69) is 10.1 Å². The van der Waals surface area contributed by atoms with Crippen LogP contribution in [0.1, 0.15) is 20.0 Å². The van der Waals surface area contributed by atoms with Crippen molar-refractivity contribution in [2.75, 3.05) is 18.2 Å². The van der Waals surface area contributed by atoms with Crippen LogP contribution in [0, 0.1) is 11.6 Å². The third-order valence-corrected chi connectivity index (χ3v) is 3.52. The van der Waals surface area contributed by atoms with Gasteiger partial charge < -0.3 is 15.8 Å². The van der Waals surface area contributed by atoms with Crippen molar-refractivity contribution in [2.24, 2.45) is 0 Å². The molecule has 1 aromatic carbocycles. The normalized spacial score (nSPS) is 10.2. The lowest BCUT2D eigenvalue weighted by Gasteiger charge is -2.08. The predicted octanol–water partition coefficient (Wildman–Crippen LogP) is 2.65. The van der Waals surface area contributed by atoms with E-state index in [1.807, 2.05) is 0 Å². The maximum Gasteiger partial charge on any atom is 0.350 e. The maximum absolute atomic E-state index is 13.2. The van der Waals surface area contributed by atoms with Gasteiger partial charge in [-0.25, -0.2) is 13.6 Å². The fourth-order valence-electron chi connectivity index (χ4n) is 1.61. The molecular weight excluding hydrogens is 302 g/mol. The molecule has 3 N–H and O–H groups in total. The molecule has 2 aromatic rings. The quantitative estimate of drug-likeness (QED) is 0.674. The Morgan fingerprint density at radius 2 is 1.95 bits per heavy atom. The molecule has 0 unspecified atom stereocenters. The van der Waals surface area contributed by atoms with Gasteiger partial charge in [-0.2, -0.15) is 0 Å². The zero-order chi connectivity index (χ0) is 15.6. The zero-order valence-electron chi connectivity index (χ0n) is 10.8. The van der Waals surface area contributed by atoms with Crippen LogP contribution in [-0.2, 0) is 4.74 Å². The van der Waals surface area contributed by atoms with Gasteiger partial charge in [0.25, 0.3) is 5.91 Å². The van der Waals surface area contributed by atoms with Crippen LogP contribution in [0.4, 0.5) is 20.2 Å². The number of anilines is 2. The number of ether oxygens (including phenoxy) is 1. The van der Waals surface area contributed by atoms with Gasteiger partial charge in [0.1, 0.15) is 4.88 Å². The molecule has 1 aromatic heterocycles. The molecule has 0 radical (unpaired) electrons. The number of methoxy groups -OCH3 is 1. The number of nitrogens with two attached hydrogens (primary N) is 1. The highest BCUT2D eigenvalue weighted by Crippen LogP contribution is 2.25. The molecule has 2 rings (SSSR count). The summed E-state index contributed by atoms with van der Waals surface area (Å²) in [4.78, 5) is 23.7. The van der Waals surface area contributed by atoms with Crippen LogP contribution in [0.2, 0.25) is 0 Å². The van der Waals surface area contributed by atoms with Crippen molar-refractivity contribution in [3.05, 3.63) is 45.7 Å². The Morgan fingerprint density at radius 1 is 1.29 bits per heavy atom. The summed E-state index contributed by atoms with van der Waals surface area (Å²) < 4.78 is 30.7. The molecule has 0 fully saturated rings. The van der Waals surface area contributed by atoms with Crippen molar-refractivity contribution in [3.8, 4) is 0 Å². The second kappa shape index (κ2) is 5.88. The molecule has 0 aliphatic heterocycles. The van der Waals surface area contributed by atoms with Crippen LogP contribution < -0.4 is 11.1 Å². The lowest BCUT2D eigenvalue weighted by molar-refractivity contribution is 0.0607. The largest absolute Gasteiger partial charge is 0.465 e. The van der Waals surface area contributed by atoms with Crippen molar-refractivity contribution in [3.63, 3.8) is 0 Å². The van der Waals surface area contributed by atoms with Gasteiger partial charge in [-0.05, 0) is 17.5 Å². The molecule has 21 heavy (non-hydrogen) atoms. The highest BCUT2D eigenvalue weighted by Gasteiger charge is 2.19. The van der Waals surface area contributed by atoms with E-state index in [9.17, 15) is 18.4 Å². The highest BCUT2D eigenvalue weighted by molar-refractivity contribution is 7.12. The standard InChI is InChI=1S/C13H10F2N2O3S/c1-20-13(19)11-10(2-3-21-11)17-12(18)6-4-7(14)8(15)5-9(6)16/h2-5H,16H2,1H3,(H,17,18). The Labute approximate surface area is 122 Å². The summed E-state index contributed by atoms with van der Waals surface area (Å²) in [5, 5.41) is 3.99. The average molecular weight is 312 g/mol. The monoisotopic (exact) mass is 312 g/mol. The van der Waals surface area contributed by atoms with Crippen LogP contribution in [0.5, 0.6) is 0 Å². The average Bonchev–Trinajstić information content (AvgIpc) is 2.90. The first-order chi connectivity index (χ1) is 9.93. The maximum atomic E-state index is 13.2. The van der Waals surface area contributed by atoms with E-state index in [0.717, 1.165) is 17.4 Å². The van der Waals surface area contributed by atoms with E-state index in [0.29, 0.717) is 6.07 Å². The van der Waals surface area contributed by atoms with Crippen molar-refractivity contribution in [1.82, 2.24) is 0 Å². The van der Waals surface area contributed by atoms with Gasteiger partial charge in [-0.15, -0.1) is 11.3 Å². The molecule has 1 amide bonds. The van der Waals surface area contributed by atoms with Gasteiger partial charge in [0.15, 0.2) is 11.6 Å². The second-order valence-corrected chi connectivity index (χ2v) is 4.88. The first-order valence-corrected chi connectivity index (χ1v) is 6.53. The lowest BCUT2D eigenvalue weighted by Crippen LogP contribution is -2.16. The summed E-state index contributed by atoms with van der Waals surface area (Å²) in [7, 11) is 1.21. The van der Waals surface area contributed by atoms with Crippen molar-refractivity contribution in [1.29, 1.82) is 0 Å². The Morgan fingerprint density at radius 3 is 2.62 bits per heavy atom. The van der Waals surface area contributed by atoms with Crippen LogP contribution in [0.3, 0.4) is 0 Å². The molecule has 0 saturated heterocycles. The van der Waals surface area contributed by atoms with E-state index in [-0.39, 0.29) is 21.8 Å². The number of amides is 1. The summed E-state index contributed by atoms with van der Waals surface area (Å²) in [6, 6.07) is 2.91. The first-order valence-electron chi connectivity index (χ1n) is 5.65. The molecule has 0 aliphatic carbocycles. The van der Waals surface area contributed by atoms with Crippen LogP contribution in [-0.4, -0.2) is 19.0 Å². The number of nitrogens with one attached hydrogen (secondary N) is 1. The molecule has 0 bridgehead atoms. The first kappa shape index (κ1) is 14.9. The minimum absolute atomic E-state index is 0.187. The number of nitrogen functional groups attached to an aromatic ring is 1. The summed E-state index contributed by atoms with van der Waals surface area (Å²) >= 11 is 1.07. The van der Waals surface area contributed by atoms with E-state index < -0.39 is 23.5 Å². The summed E-state index contributed by atoms with van der Waals surface area (Å²) in [5.74, 6) is -3.70. The number of esters is 1. The summed E-state index contributed by atoms with van der Waals surface area (Å²) in [6.45, 7) is 0. The number of rotatable bonds is 3. The Balaban J connectivity index is 2.29. The summed E-state index contributed by atoms with van der Waals surface area (Å²) in [5.41, 5.74) is 5.26. The fourth-order valence-corrected chi connectivity index (χ4v) is 2.37. The van der Waals surface area contributed by atoms with Crippen LogP contribution >= 0.6 is 11.3 Å². The SMILES string of the molecule is COC(=O)c1sccc1NC(=O)c1cc(F)c(F)cc1N. The number of benzene rings is 1. The minimum atomic E-state index is -1.19. The molecule has 0 aliphatic rings. The van der Waals surface area contributed by atoms with Crippen molar-refractivity contribution < 1.29 is 23.1 Å². The number of hydrogen-bond donors (Lipinski definition) is 2. The number of thiophene rings is 1. The molecule has 0 saturated carbocycles. The van der Waals surface area contributed by atoms with E-state index >= 15 is 0 Å². The van der Waals surface area contributed by atoms with Gasteiger partial charge in [-0.1, -0.05) is 0 Å². The second-order valence-electron chi connectivity index (χ2n) is 3.96. The topological polar surface area (TPSA) is 81.4 Å². The van der Waals surface area contributed by atoms with E-state index in [4.69, 9.17) is 5.73 Å². The van der Waals surface area contributed by atoms with Gasteiger partial charge in [0.05, 0.1) is 18.4 Å². The Hall–Kier alpha value is -2.48. The van der Waals surface area contributed by atoms with Gasteiger partial charge in [0.2, 0.25) is 0 Å². The lowest BCUT2D eigenvalue weighted by atomic mass is 10.1. The number of carbonyl (C=O) groups is 2. The Bertz CT molecular complexity index is 715. The van der Waals surface area contributed by atoms with Crippen molar-refractivity contribution in [2.45, 2.75) is 0 Å². The summed E-state index contributed by atoms with van der Waals surface area (Å²) in [6.07, 6.45) is 0. The molecule has 8 heteroatoms. The minimum Gasteiger partial charge on any atom is -0.465 e. The van der Waals surface area contributed by atoms with Crippen molar-refractivity contribution >= 4 is 34.6 Å². The van der Waals surface area contributed by atoms with E-state index in [1.165, 1.54) is 13.2 Å². The molecule has 0 spiro atoms. The molecular formula is C13H10F2N2O3S. The Kier molecular flexibility index (Phi) is 4.18.